The van der Waals surface area contributed by atoms with Gasteiger partial charge in [-0.05, 0) is 83.5 Å². The Kier molecular flexibility index (Phi) is 55.3. The van der Waals surface area contributed by atoms with Crippen molar-refractivity contribution < 1.29 is 28.6 Å². The molecule has 0 radical (unpaired) electrons. The first-order chi connectivity index (χ1) is 34.0. The van der Waals surface area contributed by atoms with Crippen LogP contribution in [0.5, 0.6) is 0 Å². The molecule has 0 N–H and O–H groups in total. The highest BCUT2D eigenvalue weighted by atomic mass is 16.6. The van der Waals surface area contributed by atoms with E-state index in [9.17, 15) is 14.4 Å². The van der Waals surface area contributed by atoms with E-state index in [2.05, 4.69) is 81.5 Å². The lowest BCUT2D eigenvalue weighted by atomic mass is 10.0. The molecule has 0 aromatic carbocycles. The van der Waals surface area contributed by atoms with Gasteiger partial charge >= 0.3 is 17.9 Å². The number of ether oxygens (including phenoxy) is 3. The van der Waals surface area contributed by atoms with E-state index in [-0.39, 0.29) is 37.5 Å². The first-order valence-electron chi connectivity index (χ1n) is 29.8. The second kappa shape index (κ2) is 57.7. The Morgan fingerprint density at radius 3 is 0.899 bits per heavy atom. The van der Waals surface area contributed by atoms with Crippen molar-refractivity contribution in [2.75, 3.05) is 13.2 Å². The van der Waals surface area contributed by atoms with Gasteiger partial charge in [0.2, 0.25) is 0 Å². The van der Waals surface area contributed by atoms with Crippen molar-refractivity contribution in [3.63, 3.8) is 0 Å². The summed E-state index contributed by atoms with van der Waals surface area (Å²) in [5.41, 5.74) is 0. The summed E-state index contributed by atoms with van der Waals surface area (Å²) in [4.78, 5) is 38.2. The van der Waals surface area contributed by atoms with Crippen LogP contribution in [0, 0.1) is 0 Å². The number of hydrogen-bond acceptors (Lipinski definition) is 6. The lowest BCUT2D eigenvalue weighted by Crippen LogP contribution is -2.30. The zero-order valence-electron chi connectivity index (χ0n) is 45.8. The predicted octanol–water partition coefficient (Wildman–Crippen LogP) is 20.0. The Bertz CT molecular complexity index is 1250. The molecule has 0 aromatic heterocycles. The van der Waals surface area contributed by atoms with Crippen molar-refractivity contribution in [1.82, 2.24) is 0 Å². The minimum Gasteiger partial charge on any atom is -0.462 e. The van der Waals surface area contributed by atoms with E-state index in [0.29, 0.717) is 19.3 Å². The Hall–Kier alpha value is -2.89. The molecule has 0 bridgehead atoms. The Morgan fingerprint density at radius 1 is 0.290 bits per heavy atom. The molecule has 0 aromatic rings. The maximum atomic E-state index is 12.8. The van der Waals surface area contributed by atoms with Gasteiger partial charge in [-0.15, -0.1) is 0 Å². The monoisotopic (exact) mass is 965 g/mol. The molecule has 0 aliphatic carbocycles. The van der Waals surface area contributed by atoms with Gasteiger partial charge in [-0.2, -0.15) is 0 Å². The number of carbonyl (C=O) groups excluding carboxylic acids is 3. The van der Waals surface area contributed by atoms with Gasteiger partial charge in [0.1, 0.15) is 13.2 Å². The summed E-state index contributed by atoms with van der Waals surface area (Å²) in [5, 5.41) is 0. The van der Waals surface area contributed by atoms with E-state index in [0.717, 1.165) is 70.6 Å². The topological polar surface area (TPSA) is 78.9 Å². The third-order valence-corrected chi connectivity index (χ3v) is 13.0. The number of unbranched alkanes of at least 4 members (excludes halogenated alkanes) is 33. The Balaban J connectivity index is 4.44. The predicted molar refractivity (Wildman–Crippen MR) is 298 cm³/mol. The van der Waals surface area contributed by atoms with E-state index in [4.69, 9.17) is 14.2 Å². The van der Waals surface area contributed by atoms with E-state index >= 15 is 0 Å². The fraction of sp³-hybridized carbons (Fsp3) is 0.794. The fourth-order valence-corrected chi connectivity index (χ4v) is 8.49. The van der Waals surface area contributed by atoms with Crippen molar-refractivity contribution in [3.05, 3.63) is 60.8 Å². The molecule has 1 unspecified atom stereocenters. The molecule has 1 atom stereocenters. The van der Waals surface area contributed by atoms with Gasteiger partial charge < -0.3 is 14.2 Å². The second-order valence-electron chi connectivity index (χ2n) is 19.9. The molecule has 69 heavy (non-hydrogen) atoms. The molecule has 0 saturated heterocycles. The number of esters is 3. The maximum absolute atomic E-state index is 12.8. The van der Waals surface area contributed by atoms with Crippen LogP contribution < -0.4 is 0 Å². The van der Waals surface area contributed by atoms with Gasteiger partial charge in [0, 0.05) is 19.3 Å². The summed E-state index contributed by atoms with van der Waals surface area (Å²) < 4.78 is 16.8. The molecule has 400 valence electrons. The normalized spacial score (nSPS) is 12.4. The molecule has 0 saturated carbocycles. The summed E-state index contributed by atoms with van der Waals surface area (Å²) in [6.07, 6.45) is 72.2. The zero-order chi connectivity index (χ0) is 50.0. The van der Waals surface area contributed by atoms with Crippen LogP contribution in [0.3, 0.4) is 0 Å². The van der Waals surface area contributed by atoms with E-state index in [1.807, 2.05) is 0 Å². The zero-order valence-corrected chi connectivity index (χ0v) is 45.8. The summed E-state index contributed by atoms with van der Waals surface area (Å²) in [7, 11) is 0. The van der Waals surface area contributed by atoms with Crippen LogP contribution in [0.2, 0.25) is 0 Å². The van der Waals surface area contributed by atoms with Crippen LogP contribution in [-0.2, 0) is 28.6 Å². The van der Waals surface area contributed by atoms with Crippen LogP contribution in [-0.4, -0.2) is 37.2 Å². The van der Waals surface area contributed by atoms with Crippen LogP contribution in [0.15, 0.2) is 60.8 Å². The average Bonchev–Trinajstić information content (AvgIpc) is 3.35. The van der Waals surface area contributed by atoms with Crippen molar-refractivity contribution in [1.29, 1.82) is 0 Å². The largest absolute Gasteiger partial charge is 0.462 e. The fourth-order valence-electron chi connectivity index (χ4n) is 8.49. The number of carbonyl (C=O) groups is 3. The first kappa shape index (κ1) is 66.1. The van der Waals surface area contributed by atoms with E-state index < -0.39 is 6.10 Å². The second-order valence-corrected chi connectivity index (χ2v) is 19.9. The molecule has 6 heteroatoms. The smallest absolute Gasteiger partial charge is 0.306 e. The van der Waals surface area contributed by atoms with Crippen LogP contribution in [0.25, 0.3) is 0 Å². The van der Waals surface area contributed by atoms with Gasteiger partial charge in [-0.1, -0.05) is 261 Å². The Labute approximate surface area is 428 Å². The quantitative estimate of drug-likeness (QED) is 0.0262. The van der Waals surface area contributed by atoms with E-state index in [1.165, 1.54) is 186 Å². The molecular weight excluding hydrogens is 853 g/mol. The SMILES string of the molecule is CCCCC/C=C\C/C=C\C/C=C\C/C=C\CCCC(=O)OC(COC(=O)CCCCCCC/C=C\CCCCCCCCCCC)COC(=O)CCCCCCCCCCCCCCCCCC. The van der Waals surface area contributed by atoms with Crippen LogP contribution in [0.1, 0.15) is 303 Å². The van der Waals surface area contributed by atoms with Crippen molar-refractivity contribution in [3.8, 4) is 0 Å². The van der Waals surface area contributed by atoms with Gasteiger partial charge in [0.05, 0.1) is 0 Å². The van der Waals surface area contributed by atoms with E-state index in [1.54, 1.807) is 0 Å². The lowest BCUT2D eigenvalue weighted by molar-refractivity contribution is -0.167. The van der Waals surface area contributed by atoms with Crippen molar-refractivity contribution in [2.45, 2.75) is 309 Å². The minimum atomic E-state index is -0.805. The summed E-state index contributed by atoms with van der Waals surface area (Å²) in [6, 6.07) is 0. The molecule has 0 aliphatic rings. The first-order valence-corrected chi connectivity index (χ1v) is 29.8. The van der Waals surface area contributed by atoms with Crippen LogP contribution >= 0.6 is 0 Å². The van der Waals surface area contributed by atoms with Crippen molar-refractivity contribution >= 4 is 17.9 Å². The third-order valence-electron chi connectivity index (χ3n) is 13.0. The van der Waals surface area contributed by atoms with Crippen molar-refractivity contribution in [2.24, 2.45) is 0 Å². The molecule has 0 amide bonds. The average molecular weight is 966 g/mol. The minimum absolute atomic E-state index is 0.0957. The summed E-state index contributed by atoms with van der Waals surface area (Å²) >= 11 is 0. The molecule has 0 fully saturated rings. The third kappa shape index (κ3) is 55.9. The molecule has 0 aliphatic heterocycles. The molecule has 0 heterocycles. The lowest BCUT2D eigenvalue weighted by Gasteiger charge is -2.18. The molecule has 6 nitrogen and oxygen atoms in total. The standard InChI is InChI=1S/C63H112O6/c1-4-7-10-13-16-19-22-25-28-31-33-35-38-41-44-47-50-53-56-62(65)68-59-60(58-67-61(64)55-52-49-46-43-40-37-34-30-27-24-21-18-15-12-9-6-3)69-63(66)57-54-51-48-45-42-39-36-32-29-26-23-20-17-14-11-8-5-2/h17,20,26,29,33,35-36,39,45,48,60H,4-16,18-19,21-25,27-28,30-32,34,37-38,40-44,46-47,49-59H2,1-3H3/b20-17-,29-26-,35-33-,39-36-,48-45-. The molecule has 0 rings (SSSR count). The summed E-state index contributed by atoms with van der Waals surface area (Å²) in [6.45, 7) is 6.60. The van der Waals surface area contributed by atoms with Gasteiger partial charge in [-0.3, -0.25) is 14.4 Å². The van der Waals surface area contributed by atoms with Gasteiger partial charge in [-0.25, -0.2) is 0 Å². The Morgan fingerprint density at radius 2 is 0.536 bits per heavy atom. The number of allylic oxidation sites excluding steroid dienone is 10. The highest BCUT2D eigenvalue weighted by Crippen LogP contribution is 2.16. The number of hydrogen-bond donors (Lipinski definition) is 0. The molecular formula is C63H112O6. The number of rotatable bonds is 54. The van der Waals surface area contributed by atoms with Crippen LogP contribution in [0.4, 0.5) is 0 Å². The van der Waals surface area contributed by atoms with Gasteiger partial charge in [0.15, 0.2) is 6.10 Å². The van der Waals surface area contributed by atoms with Gasteiger partial charge in [0.25, 0.3) is 0 Å². The highest BCUT2D eigenvalue weighted by molar-refractivity contribution is 5.71. The maximum Gasteiger partial charge on any atom is 0.306 e. The summed E-state index contributed by atoms with van der Waals surface area (Å²) in [5.74, 6) is -0.947. The highest BCUT2D eigenvalue weighted by Gasteiger charge is 2.19. The molecule has 0 spiro atoms.